The number of carbonyl (C=O) groups excluding carboxylic acids is 2. The SMILES string of the molecule is O=C(CN1CCCC1)NCCNC(=O)CN1CCCC1. The van der Waals surface area contributed by atoms with E-state index in [1.807, 2.05) is 0 Å². The van der Waals surface area contributed by atoms with Crippen LogP contribution in [0, 0.1) is 0 Å². The van der Waals surface area contributed by atoms with Crippen LogP contribution in [-0.2, 0) is 9.59 Å². The van der Waals surface area contributed by atoms with Gasteiger partial charge in [0.05, 0.1) is 13.1 Å². The Bertz CT molecular complexity index is 291. The molecule has 0 unspecified atom stereocenters. The first-order valence-corrected chi connectivity index (χ1v) is 7.72. The Morgan fingerprint density at radius 1 is 0.700 bits per heavy atom. The maximum atomic E-state index is 11.6. The van der Waals surface area contributed by atoms with Crippen molar-refractivity contribution in [1.29, 1.82) is 0 Å². The lowest BCUT2D eigenvalue weighted by atomic mass is 10.4. The molecule has 2 aliphatic heterocycles. The molecule has 0 aliphatic carbocycles. The van der Waals surface area contributed by atoms with Crippen LogP contribution in [-0.4, -0.2) is 74.0 Å². The summed E-state index contributed by atoms with van der Waals surface area (Å²) in [5.74, 6) is 0.112. The Morgan fingerprint density at radius 3 is 1.40 bits per heavy atom. The number of hydrogen-bond donors (Lipinski definition) is 2. The number of nitrogens with one attached hydrogen (secondary N) is 2. The molecule has 0 aromatic rings. The maximum absolute atomic E-state index is 11.6. The van der Waals surface area contributed by atoms with Gasteiger partial charge in [-0.15, -0.1) is 0 Å². The Kier molecular flexibility index (Phi) is 6.26. The van der Waals surface area contributed by atoms with Crippen molar-refractivity contribution in [3.8, 4) is 0 Å². The first kappa shape index (κ1) is 15.3. The van der Waals surface area contributed by atoms with E-state index in [0.29, 0.717) is 26.2 Å². The van der Waals surface area contributed by atoms with Gasteiger partial charge in [-0.05, 0) is 51.9 Å². The summed E-state index contributed by atoms with van der Waals surface area (Å²) in [4.78, 5) is 27.6. The highest BCUT2D eigenvalue weighted by atomic mass is 16.2. The standard InChI is InChI=1S/C14H26N4O2/c19-13(11-17-7-1-2-8-17)15-5-6-16-14(20)12-18-9-3-4-10-18/h1-12H2,(H,15,19)(H,16,20). The lowest BCUT2D eigenvalue weighted by Gasteiger charge is -2.15. The van der Waals surface area contributed by atoms with Gasteiger partial charge in [-0.3, -0.25) is 19.4 Å². The molecule has 0 atom stereocenters. The number of carbonyl (C=O) groups is 2. The van der Waals surface area contributed by atoms with Crippen molar-refractivity contribution in [3.63, 3.8) is 0 Å². The van der Waals surface area contributed by atoms with E-state index in [4.69, 9.17) is 0 Å². The highest BCUT2D eigenvalue weighted by Crippen LogP contribution is 2.06. The molecule has 2 amide bonds. The molecule has 2 fully saturated rings. The molecule has 2 rings (SSSR count). The quantitative estimate of drug-likeness (QED) is 0.613. The molecule has 2 saturated heterocycles. The monoisotopic (exact) mass is 282 g/mol. The zero-order chi connectivity index (χ0) is 14.2. The molecule has 0 aromatic carbocycles. The highest BCUT2D eigenvalue weighted by Gasteiger charge is 2.15. The lowest BCUT2D eigenvalue weighted by molar-refractivity contribution is -0.123. The topological polar surface area (TPSA) is 64.7 Å². The maximum Gasteiger partial charge on any atom is 0.234 e. The summed E-state index contributed by atoms with van der Waals surface area (Å²) in [6.07, 6.45) is 4.78. The summed E-state index contributed by atoms with van der Waals surface area (Å²) in [6.45, 7) is 6.11. The minimum absolute atomic E-state index is 0.0562. The third-order valence-corrected chi connectivity index (χ3v) is 3.90. The van der Waals surface area contributed by atoms with E-state index in [1.165, 1.54) is 25.7 Å². The van der Waals surface area contributed by atoms with Crippen molar-refractivity contribution in [2.24, 2.45) is 0 Å². The van der Waals surface area contributed by atoms with E-state index in [-0.39, 0.29) is 11.8 Å². The van der Waals surface area contributed by atoms with Crippen molar-refractivity contribution in [3.05, 3.63) is 0 Å². The van der Waals surface area contributed by atoms with Gasteiger partial charge in [-0.2, -0.15) is 0 Å². The number of amides is 2. The summed E-state index contributed by atoms with van der Waals surface area (Å²) in [5, 5.41) is 5.70. The van der Waals surface area contributed by atoms with Crippen LogP contribution >= 0.6 is 0 Å². The number of rotatable bonds is 7. The Balaban J connectivity index is 1.47. The fourth-order valence-corrected chi connectivity index (χ4v) is 2.80. The van der Waals surface area contributed by atoms with Crippen molar-refractivity contribution >= 4 is 11.8 Å². The van der Waals surface area contributed by atoms with E-state index < -0.39 is 0 Å². The second kappa shape index (κ2) is 8.21. The minimum atomic E-state index is 0.0562. The molecule has 0 saturated carbocycles. The summed E-state index contributed by atoms with van der Waals surface area (Å²) in [7, 11) is 0. The first-order chi connectivity index (χ1) is 9.74. The van der Waals surface area contributed by atoms with Crippen LogP contribution in [0.4, 0.5) is 0 Å². The van der Waals surface area contributed by atoms with Gasteiger partial charge in [-0.25, -0.2) is 0 Å². The van der Waals surface area contributed by atoms with Gasteiger partial charge in [0.1, 0.15) is 0 Å². The van der Waals surface area contributed by atoms with Crippen LogP contribution in [0.15, 0.2) is 0 Å². The average Bonchev–Trinajstić information content (AvgIpc) is 3.08. The molecule has 6 nitrogen and oxygen atoms in total. The summed E-state index contributed by atoms with van der Waals surface area (Å²) in [5.41, 5.74) is 0. The van der Waals surface area contributed by atoms with Gasteiger partial charge in [0.15, 0.2) is 0 Å². The van der Waals surface area contributed by atoms with Crippen molar-refractivity contribution in [1.82, 2.24) is 20.4 Å². The molecule has 0 bridgehead atoms. The van der Waals surface area contributed by atoms with E-state index in [0.717, 1.165) is 26.2 Å². The largest absolute Gasteiger partial charge is 0.353 e. The van der Waals surface area contributed by atoms with E-state index >= 15 is 0 Å². The minimum Gasteiger partial charge on any atom is -0.353 e. The van der Waals surface area contributed by atoms with Gasteiger partial charge in [0.2, 0.25) is 11.8 Å². The Hall–Kier alpha value is -1.14. The van der Waals surface area contributed by atoms with Crippen LogP contribution in [0.1, 0.15) is 25.7 Å². The second-order valence-electron chi connectivity index (χ2n) is 5.67. The van der Waals surface area contributed by atoms with Gasteiger partial charge in [0.25, 0.3) is 0 Å². The fourth-order valence-electron chi connectivity index (χ4n) is 2.80. The fraction of sp³-hybridized carbons (Fsp3) is 0.857. The smallest absolute Gasteiger partial charge is 0.234 e. The van der Waals surface area contributed by atoms with Gasteiger partial charge in [0, 0.05) is 13.1 Å². The van der Waals surface area contributed by atoms with Crippen LogP contribution in [0.3, 0.4) is 0 Å². The number of hydrogen-bond acceptors (Lipinski definition) is 4. The van der Waals surface area contributed by atoms with Crippen LogP contribution in [0.5, 0.6) is 0 Å². The second-order valence-corrected chi connectivity index (χ2v) is 5.67. The average molecular weight is 282 g/mol. The summed E-state index contributed by atoms with van der Waals surface area (Å²) < 4.78 is 0. The molecule has 2 N–H and O–H groups in total. The van der Waals surface area contributed by atoms with Crippen LogP contribution in [0.25, 0.3) is 0 Å². The van der Waals surface area contributed by atoms with Crippen LogP contribution < -0.4 is 10.6 Å². The molecular formula is C14H26N4O2. The highest BCUT2D eigenvalue weighted by molar-refractivity contribution is 5.79. The van der Waals surface area contributed by atoms with E-state index in [9.17, 15) is 9.59 Å². The Labute approximate surface area is 120 Å². The molecule has 0 spiro atoms. The third-order valence-electron chi connectivity index (χ3n) is 3.90. The normalized spacial score (nSPS) is 20.2. The molecule has 0 radical (unpaired) electrons. The zero-order valence-electron chi connectivity index (χ0n) is 12.2. The molecule has 2 aliphatic rings. The van der Waals surface area contributed by atoms with Gasteiger partial charge < -0.3 is 10.6 Å². The first-order valence-electron chi connectivity index (χ1n) is 7.72. The lowest BCUT2D eigenvalue weighted by Crippen LogP contribution is -2.42. The molecule has 20 heavy (non-hydrogen) atoms. The predicted molar refractivity (Wildman–Crippen MR) is 77.4 cm³/mol. The van der Waals surface area contributed by atoms with Gasteiger partial charge >= 0.3 is 0 Å². The summed E-state index contributed by atoms with van der Waals surface area (Å²) in [6, 6.07) is 0. The molecule has 114 valence electrons. The number of likely N-dealkylation sites (tertiary alicyclic amines) is 2. The molecule has 0 aromatic heterocycles. The zero-order valence-corrected chi connectivity index (χ0v) is 12.2. The van der Waals surface area contributed by atoms with Crippen molar-refractivity contribution < 1.29 is 9.59 Å². The van der Waals surface area contributed by atoms with Crippen molar-refractivity contribution in [2.45, 2.75) is 25.7 Å². The summed E-state index contributed by atoms with van der Waals surface area (Å²) >= 11 is 0. The van der Waals surface area contributed by atoms with Gasteiger partial charge in [-0.1, -0.05) is 0 Å². The number of nitrogens with zero attached hydrogens (tertiary/aromatic N) is 2. The third kappa shape index (κ3) is 5.46. The van der Waals surface area contributed by atoms with E-state index in [2.05, 4.69) is 20.4 Å². The predicted octanol–water partition coefficient (Wildman–Crippen LogP) is -0.590. The molecule has 6 heteroatoms. The van der Waals surface area contributed by atoms with Crippen LogP contribution in [0.2, 0.25) is 0 Å². The van der Waals surface area contributed by atoms with E-state index in [1.54, 1.807) is 0 Å². The Morgan fingerprint density at radius 2 is 1.05 bits per heavy atom. The molecule has 2 heterocycles. The molecular weight excluding hydrogens is 256 g/mol. The van der Waals surface area contributed by atoms with Crippen molar-refractivity contribution in [2.75, 3.05) is 52.4 Å².